The van der Waals surface area contributed by atoms with Crippen molar-refractivity contribution in [3.63, 3.8) is 0 Å². The minimum Gasteiger partial charge on any atom is -0.331 e. The summed E-state index contributed by atoms with van der Waals surface area (Å²) in [7, 11) is 1.88. The average molecular weight is 572 g/mol. The molecule has 1 aromatic heterocycles. The third-order valence-corrected chi connectivity index (χ3v) is 7.49. The molecule has 1 amide bonds. The number of carbonyl (C=O) groups is 1. The van der Waals surface area contributed by atoms with Crippen molar-refractivity contribution in [3.8, 4) is 0 Å². The second-order valence-corrected chi connectivity index (χ2v) is 9.41. The summed E-state index contributed by atoms with van der Waals surface area (Å²) in [4.78, 5) is 17.2. The van der Waals surface area contributed by atoms with E-state index in [0.29, 0.717) is 0 Å². The van der Waals surface area contributed by atoms with Crippen molar-refractivity contribution in [1.29, 1.82) is 0 Å². The van der Waals surface area contributed by atoms with E-state index in [1.54, 1.807) is 6.08 Å². The highest BCUT2D eigenvalue weighted by atomic mass is 32.1. The van der Waals surface area contributed by atoms with Crippen LogP contribution in [0.15, 0.2) is 23.9 Å². The minimum absolute atomic E-state index is 0. The van der Waals surface area contributed by atoms with E-state index in [4.69, 9.17) is 0 Å². The van der Waals surface area contributed by atoms with Gasteiger partial charge in [0.05, 0.1) is 10.9 Å². The van der Waals surface area contributed by atoms with Gasteiger partial charge in [-0.25, -0.2) is 14.2 Å². The van der Waals surface area contributed by atoms with Crippen LogP contribution < -0.4 is 10.7 Å². The molecule has 0 spiro atoms. The fraction of sp³-hybridized carbons (Fsp3) is 0.696. The largest absolute Gasteiger partial charge is 0.331 e. The van der Waals surface area contributed by atoms with Crippen LogP contribution in [-0.2, 0) is 0 Å². The third kappa shape index (κ3) is 6.69. The first-order valence-electron chi connectivity index (χ1n) is 11.9. The number of thiophene rings is 1. The molecule has 6 nitrogen and oxygen atoms in total. The summed E-state index contributed by atoms with van der Waals surface area (Å²) < 4.78 is 26.9. The maximum absolute atomic E-state index is 13.5. The number of nitrogens with one attached hydrogen (secondary N) is 2. The molecular weight excluding hydrogens is 529 g/mol. The number of rotatable bonds is 3. The molecule has 4 aliphatic heterocycles. The number of halogens is 2. The smallest absolute Gasteiger partial charge is 0.264 e. The van der Waals surface area contributed by atoms with Gasteiger partial charge in [-0.3, -0.25) is 15.1 Å². The Balaban J connectivity index is 0.00000157. The van der Waals surface area contributed by atoms with Crippen molar-refractivity contribution < 1.29 is 13.6 Å². The zero-order valence-electron chi connectivity index (χ0n) is 21.4. The van der Waals surface area contributed by atoms with Crippen LogP contribution in [0.5, 0.6) is 0 Å². The molecule has 35 heavy (non-hydrogen) atoms. The van der Waals surface area contributed by atoms with Crippen molar-refractivity contribution in [2.45, 2.75) is 91.1 Å². The molecule has 1 aromatic rings. The number of carbonyl (C=O) groups excluding carboxylic acids is 1. The average Bonchev–Trinajstić information content (AvgIpc) is 3.36. The van der Waals surface area contributed by atoms with E-state index < -0.39 is 12.5 Å². The molecule has 0 aromatic carbocycles. The van der Waals surface area contributed by atoms with Crippen LogP contribution in [0.2, 0.25) is 0 Å². The molecule has 4 aliphatic rings. The number of hydrogen-bond donors (Lipinski definition) is 2. The standard InChI is InChI=1S/C19H25F2N5OS.2C2H6.3H2S/c1-10-3-8-16(28-10)18(27)25-11-4-6-12(14(25)7-5-11)15-9-13(17(20)21)22-19-23-24(2)26(15)19;2*1-2;;;/h3,8-9,11-14,17,19,22-23H,4-7H2,1-2H3;2*1-2H3;3*1H2/t11-,12-,13?,14-,19?;;;;;/m0...../s1. The highest BCUT2D eigenvalue weighted by Gasteiger charge is 2.51. The van der Waals surface area contributed by atoms with E-state index in [0.717, 1.165) is 41.1 Å². The molecule has 2 bridgehead atoms. The topological polar surface area (TPSA) is 50.9 Å². The van der Waals surface area contributed by atoms with Crippen molar-refractivity contribution in [3.05, 3.63) is 33.7 Å². The number of nitrogens with zero attached hydrogens (tertiary/aromatic N) is 3. The number of alkyl halides is 2. The molecule has 0 aliphatic carbocycles. The molecule has 5 atom stereocenters. The van der Waals surface area contributed by atoms with E-state index in [1.807, 2.05) is 63.9 Å². The molecule has 12 heteroatoms. The zero-order valence-corrected chi connectivity index (χ0v) is 25.3. The maximum atomic E-state index is 13.5. The molecule has 0 saturated carbocycles. The second-order valence-electron chi connectivity index (χ2n) is 8.12. The first-order valence-corrected chi connectivity index (χ1v) is 12.7. The van der Waals surface area contributed by atoms with Crippen molar-refractivity contribution in [1.82, 2.24) is 25.8 Å². The van der Waals surface area contributed by atoms with Crippen LogP contribution in [0.4, 0.5) is 8.78 Å². The number of amides is 1. The SMILES string of the molecule is CC.CC.Cc1ccc(C(=O)N2[C@H]3CC[C@H](C4=CC(C(F)F)NC5NN(C)N45)[C@@H]2CC3)s1.S.S.S. The predicted octanol–water partition coefficient (Wildman–Crippen LogP) is 4.90. The molecule has 204 valence electrons. The molecular formula is C23H43F2N5OS4. The van der Waals surface area contributed by atoms with Gasteiger partial charge in [0.1, 0.15) is 0 Å². The van der Waals surface area contributed by atoms with E-state index in [2.05, 4.69) is 15.6 Å². The van der Waals surface area contributed by atoms with Gasteiger partial charge >= 0.3 is 0 Å². The number of hydrogen-bond acceptors (Lipinski definition) is 6. The Morgan fingerprint density at radius 3 is 2.23 bits per heavy atom. The molecule has 2 N–H and O–H groups in total. The number of aryl methyl sites for hydroxylation is 1. The summed E-state index contributed by atoms with van der Waals surface area (Å²) in [6.07, 6.45) is 2.70. The highest BCUT2D eigenvalue weighted by molar-refractivity contribution is 7.59. The Bertz CT molecular complexity index is 828. The number of piperidine rings is 1. The summed E-state index contributed by atoms with van der Waals surface area (Å²) in [6, 6.07) is 3.26. The van der Waals surface area contributed by atoms with E-state index in [1.165, 1.54) is 11.3 Å². The predicted molar refractivity (Wildman–Crippen MR) is 156 cm³/mol. The lowest BCUT2D eigenvalue weighted by Gasteiger charge is -2.57. The Hall–Kier alpha value is -0.500. The van der Waals surface area contributed by atoms with Gasteiger partial charge in [-0.2, -0.15) is 45.6 Å². The zero-order chi connectivity index (χ0) is 23.6. The van der Waals surface area contributed by atoms with Crippen LogP contribution in [0.25, 0.3) is 0 Å². The van der Waals surface area contributed by atoms with E-state index in [9.17, 15) is 13.6 Å². The molecule has 5 rings (SSSR count). The second kappa shape index (κ2) is 15.0. The summed E-state index contributed by atoms with van der Waals surface area (Å²) in [5, 5.41) is 6.77. The molecule has 0 radical (unpaired) electrons. The van der Waals surface area contributed by atoms with Gasteiger partial charge in [0, 0.05) is 35.6 Å². The normalized spacial score (nSPS) is 28.4. The monoisotopic (exact) mass is 571 g/mol. The molecule has 3 saturated heterocycles. The van der Waals surface area contributed by atoms with Gasteiger partial charge < -0.3 is 4.90 Å². The quantitative estimate of drug-likeness (QED) is 0.541. The number of fused-ring (bicyclic) bond motifs is 3. The van der Waals surface area contributed by atoms with Gasteiger partial charge in [-0.15, -0.1) is 11.3 Å². The van der Waals surface area contributed by atoms with Gasteiger partial charge in [0.2, 0.25) is 0 Å². The maximum Gasteiger partial charge on any atom is 0.264 e. The van der Waals surface area contributed by atoms with Gasteiger partial charge in [0.25, 0.3) is 12.3 Å². The fourth-order valence-corrected chi connectivity index (χ4v) is 6.08. The van der Waals surface area contributed by atoms with Gasteiger partial charge in [0.15, 0.2) is 6.29 Å². The first kappa shape index (κ1) is 34.5. The minimum atomic E-state index is -2.46. The fourth-order valence-electron chi connectivity index (χ4n) is 5.26. The number of hydrazine groups is 2. The lowest BCUT2D eigenvalue weighted by molar-refractivity contribution is -0.219. The Labute approximate surface area is 234 Å². The Morgan fingerprint density at radius 1 is 1.06 bits per heavy atom. The van der Waals surface area contributed by atoms with E-state index in [-0.39, 0.29) is 70.7 Å². The van der Waals surface area contributed by atoms with Crippen LogP contribution >= 0.6 is 51.8 Å². The Morgan fingerprint density at radius 2 is 1.69 bits per heavy atom. The van der Waals surface area contributed by atoms with Gasteiger partial charge in [-0.1, -0.05) is 27.7 Å². The summed E-state index contributed by atoms with van der Waals surface area (Å²) in [5.41, 5.74) is 4.02. The molecule has 5 heterocycles. The van der Waals surface area contributed by atoms with Crippen molar-refractivity contribution in [2.24, 2.45) is 5.92 Å². The molecule has 2 unspecified atom stereocenters. The van der Waals surface area contributed by atoms with Crippen LogP contribution in [0.3, 0.4) is 0 Å². The van der Waals surface area contributed by atoms with Crippen molar-refractivity contribution in [2.75, 3.05) is 7.05 Å². The lowest BCUT2D eigenvalue weighted by Crippen LogP contribution is -2.79. The summed E-state index contributed by atoms with van der Waals surface area (Å²) >= 11 is 1.53. The highest BCUT2D eigenvalue weighted by Crippen LogP contribution is 2.45. The van der Waals surface area contributed by atoms with Gasteiger partial charge in [-0.05, 0) is 50.8 Å². The van der Waals surface area contributed by atoms with Crippen LogP contribution in [0.1, 0.15) is 67.9 Å². The third-order valence-electron chi connectivity index (χ3n) is 6.50. The molecule has 3 fully saturated rings. The van der Waals surface area contributed by atoms with Crippen LogP contribution in [0, 0.1) is 12.8 Å². The van der Waals surface area contributed by atoms with Crippen molar-refractivity contribution >= 4 is 57.7 Å². The first-order chi connectivity index (χ1) is 15.4. The summed E-state index contributed by atoms with van der Waals surface area (Å²) in [6.45, 7) is 10.0. The Kier molecular flexibility index (Phi) is 14.8. The lowest BCUT2D eigenvalue weighted by atomic mass is 9.85. The van der Waals surface area contributed by atoms with E-state index >= 15 is 0 Å². The summed E-state index contributed by atoms with van der Waals surface area (Å²) in [5.74, 6) is 0.182. The van der Waals surface area contributed by atoms with Crippen LogP contribution in [-0.4, -0.2) is 58.8 Å².